The number of aromatic nitrogens is 1. The molecule has 19 heavy (non-hydrogen) atoms. The number of nitrogens with one attached hydrogen (secondary N) is 1. The third kappa shape index (κ3) is 5.49. The molecule has 0 aromatic carbocycles. The summed E-state index contributed by atoms with van der Waals surface area (Å²) >= 11 is 1.37. The minimum Gasteiger partial charge on any atom is -0.316 e. The van der Waals surface area contributed by atoms with Gasteiger partial charge in [0.1, 0.15) is 0 Å². The molecular weight excluding hydrogens is 256 g/mol. The highest BCUT2D eigenvalue weighted by atomic mass is 32.1. The van der Waals surface area contributed by atoms with Gasteiger partial charge in [0.2, 0.25) is 0 Å². The molecule has 0 spiro atoms. The summed E-state index contributed by atoms with van der Waals surface area (Å²) in [4.78, 5) is 18.3. The maximum absolute atomic E-state index is 11.6. The molecule has 0 bridgehead atoms. The van der Waals surface area contributed by atoms with Crippen molar-refractivity contribution in [1.82, 2.24) is 9.88 Å². The molecule has 0 radical (unpaired) electrons. The Kier molecular flexibility index (Phi) is 6.27. The van der Waals surface area contributed by atoms with Gasteiger partial charge in [0.25, 0.3) is 0 Å². The number of aromatic amines is 1. The number of H-pyrrole nitrogens is 1. The molecular formula is C15H28N2OS. The van der Waals surface area contributed by atoms with Crippen LogP contribution in [0.25, 0.3) is 0 Å². The Labute approximate surface area is 121 Å². The normalized spacial score (nSPS) is 12.3. The number of hydrogen-bond donors (Lipinski definition) is 1. The van der Waals surface area contributed by atoms with Gasteiger partial charge in [0.05, 0.1) is 0 Å². The van der Waals surface area contributed by atoms with E-state index in [-0.39, 0.29) is 4.87 Å². The lowest BCUT2D eigenvalue weighted by atomic mass is 10.1. The Morgan fingerprint density at radius 1 is 1.05 bits per heavy atom. The predicted octanol–water partition coefficient (Wildman–Crippen LogP) is 3.67. The van der Waals surface area contributed by atoms with E-state index in [1.54, 1.807) is 0 Å². The van der Waals surface area contributed by atoms with Crippen LogP contribution < -0.4 is 4.87 Å². The van der Waals surface area contributed by atoms with Crippen LogP contribution in [0.2, 0.25) is 0 Å². The van der Waals surface area contributed by atoms with Gasteiger partial charge >= 0.3 is 4.87 Å². The first-order chi connectivity index (χ1) is 8.79. The monoisotopic (exact) mass is 284 g/mol. The molecule has 0 saturated heterocycles. The first-order valence-electron chi connectivity index (χ1n) is 7.23. The topological polar surface area (TPSA) is 36.1 Å². The molecule has 0 saturated carbocycles. The number of hydrogen-bond acceptors (Lipinski definition) is 3. The van der Waals surface area contributed by atoms with Gasteiger partial charge in [-0.05, 0) is 17.8 Å². The van der Waals surface area contributed by atoms with Crippen molar-refractivity contribution < 1.29 is 0 Å². The van der Waals surface area contributed by atoms with E-state index in [1.165, 1.54) is 16.2 Å². The highest BCUT2D eigenvalue weighted by Crippen LogP contribution is 2.21. The van der Waals surface area contributed by atoms with Gasteiger partial charge in [-0.1, -0.05) is 52.9 Å². The lowest BCUT2D eigenvalue weighted by Crippen LogP contribution is -2.31. The molecule has 1 heterocycles. The molecule has 1 aromatic rings. The van der Waals surface area contributed by atoms with E-state index in [4.69, 9.17) is 0 Å². The maximum Gasteiger partial charge on any atom is 0.304 e. The van der Waals surface area contributed by atoms with E-state index in [1.807, 2.05) is 0 Å². The van der Waals surface area contributed by atoms with E-state index in [2.05, 4.69) is 51.4 Å². The zero-order valence-electron chi connectivity index (χ0n) is 13.1. The predicted molar refractivity (Wildman–Crippen MR) is 84.0 cm³/mol. The average molecular weight is 284 g/mol. The molecule has 1 rings (SSSR count). The molecule has 0 aliphatic heterocycles. The molecule has 4 heteroatoms. The minimum atomic E-state index is 0.0766. The summed E-state index contributed by atoms with van der Waals surface area (Å²) in [5.74, 6) is 1.68. The summed E-state index contributed by atoms with van der Waals surface area (Å²) in [6.45, 7) is 16.3. The van der Waals surface area contributed by atoms with Crippen LogP contribution in [0.1, 0.15) is 58.0 Å². The van der Waals surface area contributed by atoms with Crippen molar-refractivity contribution in [1.29, 1.82) is 0 Å². The largest absolute Gasteiger partial charge is 0.316 e. The van der Waals surface area contributed by atoms with E-state index in [0.29, 0.717) is 17.8 Å². The lowest BCUT2D eigenvalue weighted by molar-refractivity contribution is 0.212. The van der Waals surface area contributed by atoms with Crippen LogP contribution >= 0.6 is 11.3 Å². The Morgan fingerprint density at radius 2 is 1.58 bits per heavy atom. The van der Waals surface area contributed by atoms with Crippen LogP contribution in [0, 0.1) is 11.8 Å². The number of thiazole rings is 1. The molecule has 0 aliphatic rings. The van der Waals surface area contributed by atoms with Crippen molar-refractivity contribution in [3.63, 3.8) is 0 Å². The lowest BCUT2D eigenvalue weighted by Gasteiger charge is -2.26. The molecule has 110 valence electrons. The molecule has 1 aromatic heterocycles. The number of nitrogens with zero attached hydrogens (tertiary/aromatic N) is 1. The summed E-state index contributed by atoms with van der Waals surface area (Å²) in [5.41, 5.74) is 1.12. The summed E-state index contributed by atoms with van der Waals surface area (Å²) in [6, 6.07) is 0. The SMILES string of the molecule is CC(C)CN(Cc1sc(=O)[nH]c1C(C)C)CC(C)C. The van der Waals surface area contributed by atoms with Crippen molar-refractivity contribution in [2.45, 2.75) is 54.0 Å². The molecule has 0 amide bonds. The minimum absolute atomic E-state index is 0.0766. The second-order valence-corrected chi connectivity index (χ2v) is 7.56. The second kappa shape index (κ2) is 7.25. The van der Waals surface area contributed by atoms with Gasteiger partial charge in [0.15, 0.2) is 0 Å². The highest BCUT2D eigenvalue weighted by Gasteiger charge is 2.16. The molecule has 0 atom stereocenters. The van der Waals surface area contributed by atoms with Gasteiger partial charge in [-0.25, -0.2) is 0 Å². The average Bonchev–Trinajstić information content (AvgIpc) is 2.57. The maximum atomic E-state index is 11.6. The Hall–Kier alpha value is -0.610. The highest BCUT2D eigenvalue weighted by molar-refractivity contribution is 7.09. The fraction of sp³-hybridized carbons (Fsp3) is 0.800. The van der Waals surface area contributed by atoms with Crippen molar-refractivity contribution in [3.05, 3.63) is 20.2 Å². The van der Waals surface area contributed by atoms with Gasteiger partial charge in [-0.3, -0.25) is 9.69 Å². The summed E-state index contributed by atoms with van der Waals surface area (Å²) in [5, 5.41) is 0. The summed E-state index contributed by atoms with van der Waals surface area (Å²) in [6.07, 6.45) is 0. The standard InChI is InChI=1S/C15H28N2OS/c1-10(2)7-17(8-11(3)4)9-13-14(12(5)6)16-15(18)19-13/h10-12H,7-9H2,1-6H3,(H,16,18). The zero-order valence-corrected chi connectivity index (χ0v) is 13.9. The molecule has 0 unspecified atom stereocenters. The summed E-state index contributed by atoms with van der Waals surface area (Å²) in [7, 11) is 0. The zero-order chi connectivity index (χ0) is 14.6. The molecule has 0 aliphatic carbocycles. The molecule has 1 N–H and O–H groups in total. The van der Waals surface area contributed by atoms with E-state index < -0.39 is 0 Å². The smallest absolute Gasteiger partial charge is 0.304 e. The van der Waals surface area contributed by atoms with Gasteiger partial charge in [0, 0.05) is 30.2 Å². The van der Waals surface area contributed by atoms with Crippen molar-refractivity contribution in [3.8, 4) is 0 Å². The van der Waals surface area contributed by atoms with Crippen molar-refractivity contribution in [2.75, 3.05) is 13.1 Å². The van der Waals surface area contributed by atoms with Crippen LogP contribution in [-0.2, 0) is 6.54 Å². The molecule has 0 fully saturated rings. The first kappa shape index (κ1) is 16.4. The van der Waals surface area contributed by atoms with Crippen LogP contribution in [0.3, 0.4) is 0 Å². The van der Waals surface area contributed by atoms with E-state index >= 15 is 0 Å². The molecule has 3 nitrogen and oxygen atoms in total. The van der Waals surface area contributed by atoms with Crippen molar-refractivity contribution >= 4 is 11.3 Å². The third-order valence-electron chi connectivity index (χ3n) is 2.94. The van der Waals surface area contributed by atoms with Gasteiger partial charge in [-0.2, -0.15) is 0 Å². The van der Waals surface area contributed by atoms with Crippen LogP contribution in [0.5, 0.6) is 0 Å². The van der Waals surface area contributed by atoms with E-state index in [9.17, 15) is 4.79 Å². The third-order valence-corrected chi connectivity index (χ3v) is 3.83. The van der Waals surface area contributed by atoms with Crippen LogP contribution in [0.4, 0.5) is 0 Å². The second-order valence-electron chi connectivity index (χ2n) is 6.49. The Bertz CT molecular complexity index is 422. The van der Waals surface area contributed by atoms with Crippen LogP contribution in [-0.4, -0.2) is 23.0 Å². The van der Waals surface area contributed by atoms with Crippen molar-refractivity contribution in [2.24, 2.45) is 11.8 Å². The Morgan fingerprint density at radius 3 is 2.00 bits per heavy atom. The Balaban J connectivity index is 2.85. The van der Waals surface area contributed by atoms with Gasteiger partial charge in [-0.15, -0.1) is 0 Å². The fourth-order valence-electron chi connectivity index (χ4n) is 2.40. The first-order valence-corrected chi connectivity index (χ1v) is 8.05. The quantitative estimate of drug-likeness (QED) is 0.829. The summed E-state index contributed by atoms with van der Waals surface area (Å²) < 4.78 is 0. The van der Waals surface area contributed by atoms with E-state index in [0.717, 1.165) is 25.3 Å². The fourth-order valence-corrected chi connectivity index (χ4v) is 3.42. The number of rotatable bonds is 7. The van der Waals surface area contributed by atoms with Crippen LogP contribution in [0.15, 0.2) is 4.79 Å². The van der Waals surface area contributed by atoms with Gasteiger partial charge < -0.3 is 4.98 Å².